The molecule has 0 aromatic heterocycles. The molecular formula is C17H15N2O3+. The van der Waals surface area contributed by atoms with Crippen LogP contribution in [0.15, 0.2) is 53.5 Å². The highest BCUT2D eigenvalue weighted by atomic mass is 16.5. The average Bonchev–Trinajstić information content (AvgIpc) is 2.57. The van der Waals surface area contributed by atoms with E-state index in [4.69, 9.17) is 4.74 Å². The molecule has 5 nitrogen and oxygen atoms in total. The largest absolute Gasteiger partial charge is 0.444 e. The maximum atomic E-state index is 12.6. The molecule has 0 saturated carbocycles. The topological polar surface area (TPSA) is 55.7 Å². The smallest absolute Gasteiger partial charge is 0.356 e. The van der Waals surface area contributed by atoms with Crippen molar-refractivity contribution in [1.82, 2.24) is 0 Å². The van der Waals surface area contributed by atoms with Gasteiger partial charge in [-0.05, 0) is 36.4 Å². The van der Waals surface area contributed by atoms with E-state index in [1.165, 1.54) is 0 Å². The summed E-state index contributed by atoms with van der Waals surface area (Å²) in [5.74, 6) is 0.542. The number of ether oxygens (including phenoxy) is 1. The predicted molar refractivity (Wildman–Crippen MR) is 82.4 cm³/mol. The van der Waals surface area contributed by atoms with Crippen molar-refractivity contribution >= 4 is 24.2 Å². The summed E-state index contributed by atoms with van der Waals surface area (Å²) in [4.78, 5) is 27.6. The fourth-order valence-electron chi connectivity index (χ4n) is 2.23. The number of fused-ring (bicyclic) bond motifs is 1. The minimum Gasteiger partial charge on any atom is -0.444 e. The van der Waals surface area contributed by atoms with Crippen molar-refractivity contribution < 1.29 is 18.8 Å². The molecule has 5 heteroatoms. The lowest BCUT2D eigenvalue weighted by Crippen LogP contribution is -2.51. The van der Waals surface area contributed by atoms with Crippen molar-refractivity contribution in [1.29, 1.82) is 0 Å². The molecular weight excluding hydrogens is 280 g/mol. The Balaban J connectivity index is 1.77. The van der Waals surface area contributed by atoms with Gasteiger partial charge < -0.3 is 4.74 Å². The lowest BCUT2D eigenvalue weighted by Gasteiger charge is -2.28. The molecule has 0 spiro atoms. The highest BCUT2D eigenvalue weighted by Crippen LogP contribution is 2.27. The van der Waals surface area contributed by atoms with Gasteiger partial charge in [-0.3, -0.25) is 4.79 Å². The zero-order valence-corrected chi connectivity index (χ0v) is 12.1. The second kappa shape index (κ2) is 5.54. The third-order valence-corrected chi connectivity index (χ3v) is 3.57. The maximum Gasteiger partial charge on any atom is 0.356 e. The summed E-state index contributed by atoms with van der Waals surface area (Å²) in [7, 11) is 1.75. The molecule has 110 valence electrons. The molecule has 2 aromatic rings. The summed E-state index contributed by atoms with van der Waals surface area (Å²) < 4.78 is 5.61. The Morgan fingerprint density at radius 2 is 1.86 bits per heavy atom. The Morgan fingerprint density at radius 3 is 2.59 bits per heavy atom. The number of benzene rings is 2. The summed E-state index contributed by atoms with van der Waals surface area (Å²) in [6.45, 7) is 0.136. The number of quaternary nitrogens is 1. The Labute approximate surface area is 128 Å². The minimum atomic E-state index is -0.0631. The van der Waals surface area contributed by atoms with E-state index in [2.05, 4.69) is 4.99 Å². The molecule has 1 unspecified atom stereocenters. The van der Waals surface area contributed by atoms with Crippen molar-refractivity contribution in [2.24, 2.45) is 4.99 Å². The van der Waals surface area contributed by atoms with E-state index < -0.39 is 0 Å². The van der Waals surface area contributed by atoms with Crippen LogP contribution in [0, 0.1) is 0 Å². The van der Waals surface area contributed by atoms with Crippen molar-refractivity contribution in [2.75, 3.05) is 13.8 Å². The monoisotopic (exact) mass is 295 g/mol. The molecule has 1 aliphatic rings. The zero-order valence-electron chi connectivity index (χ0n) is 12.1. The predicted octanol–water partition coefficient (Wildman–Crippen LogP) is 2.80. The highest BCUT2D eigenvalue weighted by molar-refractivity contribution is 6.00. The van der Waals surface area contributed by atoms with Gasteiger partial charge in [-0.2, -0.15) is 4.48 Å². The van der Waals surface area contributed by atoms with Gasteiger partial charge in [0.05, 0.1) is 12.7 Å². The van der Waals surface area contributed by atoms with Crippen LogP contribution >= 0.6 is 0 Å². The van der Waals surface area contributed by atoms with Gasteiger partial charge >= 0.3 is 5.91 Å². The van der Waals surface area contributed by atoms with Crippen LogP contribution in [0.25, 0.3) is 0 Å². The number of hydrogen-bond donors (Lipinski definition) is 0. The molecule has 1 amide bonds. The van der Waals surface area contributed by atoms with E-state index in [9.17, 15) is 9.59 Å². The Kier molecular flexibility index (Phi) is 3.56. The molecule has 1 atom stereocenters. The van der Waals surface area contributed by atoms with Gasteiger partial charge in [0, 0.05) is 5.56 Å². The van der Waals surface area contributed by atoms with Crippen LogP contribution in [-0.4, -0.2) is 36.8 Å². The summed E-state index contributed by atoms with van der Waals surface area (Å²) in [6.07, 6.45) is 2.36. The first kappa shape index (κ1) is 14.2. The van der Waals surface area contributed by atoms with Gasteiger partial charge in [-0.25, -0.2) is 9.79 Å². The third-order valence-electron chi connectivity index (χ3n) is 3.57. The van der Waals surface area contributed by atoms with Crippen LogP contribution in [0.4, 0.5) is 5.69 Å². The molecule has 0 aliphatic carbocycles. The molecule has 22 heavy (non-hydrogen) atoms. The van der Waals surface area contributed by atoms with E-state index in [1.807, 2.05) is 18.2 Å². The van der Waals surface area contributed by atoms with Crippen LogP contribution in [0.1, 0.15) is 20.7 Å². The number of carbonyl (C=O) groups excluding carboxylic acids is 2. The summed E-state index contributed by atoms with van der Waals surface area (Å²) in [6, 6.07) is 14.0. The van der Waals surface area contributed by atoms with E-state index in [0.717, 1.165) is 6.29 Å². The Morgan fingerprint density at radius 1 is 1.14 bits per heavy atom. The molecule has 0 radical (unpaired) electrons. The molecule has 3 rings (SSSR count). The van der Waals surface area contributed by atoms with Crippen molar-refractivity contribution in [3.8, 4) is 5.75 Å². The van der Waals surface area contributed by atoms with Gasteiger partial charge in [-0.1, -0.05) is 12.1 Å². The third kappa shape index (κ3) is 2.54. The lowest BCUT2D eigenvalue weighted by atomic mass is 10.1. The lowest BCUT2D eigenvalue weighted by molar-refractivity contribution is -0.748. The first-order chi connectivity index (χ1) is 10.6. The first-order valence-corrected chi connectivity index (χ1v) is 6.85. The van der Waals surface area contributed by atoms with Gasteiger partial charge in [0.25, 0.3) is 0 Å². The fourth-order valence-corrected chi connectivity index (χ4v) is 2.23. The second-order valence-electron chi connectivity index (χ2n) is 5.30. The summed E-state index contributed by atoms with van der Waals surface area (Å²) in [5, 5.41) is 0. The van der Waals surface area contributed by atoms with Gasteiger partial charge in [0.2, 0.25) is 13.1 Å². The number of aliphatic imine (C=N–C) groups is 1. The van der Waals surface area contributed by atoms with Gasteiger partial charge in [0.15, 0.2) is 0 Å². The Hall–Kier alpha value is -2.79. The average molecular weight is 295 g/mol. The van der Waals surface area contributed by atoms with E-state index >= 15 is 0 Å². The van der Waals surface area contributed by atoms with Gasteiger partial charge in [-0.15, -0.1) is 0 Å². The molecule has 0 fully saturated rings. The van der Waals surface area contributed by atoms with E-state index in [1.54, 1.807) is 43.7 Å². The maximum absolute atomic E-state index is 12.6. The zero-order chi connectivity index (χ0) is 15.6. The summed E-state index contributed by atoms with van der Waals surface area (Å²) in [5.41, 5.74) is 1.85. The number of amides is 1. The number of aldehydes is 1. The van der Waals surface area contributed by atoms with E-state index in [-0.39, 0.29) is 17.1 Å². The number of para-hydroxylation sites is 1. The van der Waals surface area contributed by atoms with E-state index in [0.29, 0.717) is 22.6 Å². The molecule has 1 aliphatic heterocycles. The summed E-state index contributed by atoms with van der Waals surface area (Å²) >= 11 is 0. The molecule has 2 aromatic carbocycles. The quantitative estimate of drug-likeness (QED) is 0.644. The van der Waals surface area contributed by atoms with Crippen LogP contribution < -0.4 is 4.74 Å². The normalized spacial score (nSPS) is 19.6. The second-order valence-corrected chi connectivity index (χ2v) is 5.30. The van der Waals surface area contributed by atoms with Crippen LogP contribution in [0.3, 0.4) is 0 Å². The standard InChI is InChI=1S/C17H15N2O3/c1-19(12-22-14-8-6-13(10-20)7-9-14)11-18-16-5-3-2-4-15(16)17(19)21/h2-11H,12H2,1H3/q+1. The van der Waals surface area contributed by atoms with Crippen LogP contribution in [-0.2, 0) is 0 Å². The minimum absolute atomic E-state index is 0.0601. The fraction of sp³-hybridized carbons (Fsp3) is 0.118. The van der Waals surface area contributed by atoms with Crippen molar-refractivity contribution in [3.63, 3.8) is 0 Å². The number of carbonyl (C=O) groups is 2. The van der Waals surface area contributed by atoms with Crippen molar-refractivity contribution in [2.45, 2.75) is 0 Å². The van der Waals surface area contributed by atoms with Gasteiger partial charge in [0.1, 0.15) is 17.6 Å². The first-order valence-electron chi connectivity index (χ1n) is 6.85. The molecule has 0 saturated heterocycles. The SMILES string of the molecule is C[N+]1(COc2ccc(C=O)cc2)C=Nc2ccccc2C1=O. The molecule has 0 N–H and O–H groups in total. The molecule has 0 bridgehead atoms. The molecule has 1 heterocycles. The van der Waals surface area contributed by atoms with Crippen LogP contribution in [0.5, 0.6) is 5.75 Å². The van der Waals surface area contributed by atoms with Crippen molar-refractivity contribution in [3.05, 3.63) is 59.7 Å². The number of rotatable bonds is 4. The highest BCUT2D eigenvalue weighted by Gasteiger charge is 2.37. The number of hydrogen-bond acceptors (Lipinski definition) is 4. The Bertz CT molecular complexity index is 753. The number of nitrogens with zero attached hydrogens (tertiary/aromatic N) is 2. The van der Waals surface area contributed by atoms with Crippen LogP contribution in [0.2, 0.25) is 0 Å².